The molecule has 0 atom stereocenters. The molecule has 3 aliphatic rings. The van der Waals surface area contributed by atoms with E-state index in [-0.39, 0.29) is 23.8 Å². The second kappa shape index (κ2) is 10.3. The van der Waals surface area contributed by atoms with Crippen molar-refractivity contribution in [1.29, 1.82) is 0 Å². The highest BCUT2D eigenvalue weighted by atomic mass is 16.2. The summed E-state index contributed by atoms with van der Waals surface area (Å²) in [5.41, 5.74) is 1.16. The number of piperidine rings is 1. The number of hydrogen-bond donors (Lipinski definition) is 1. The normalized spacial score (nSPS) is 20.6. The van der Waals surface area contributed by atoms with E-state index in [0.29, 0.717) is 31.6 Å². The van der Waals surface area contributed by atoms with E-state index >= 15 is 0 Å². The Balaban J connectivity index is 1.17. The van der Waals surface area contributed by atoms with E-state index in [9.17, 15) is 14.4 Å². The van der Waals surface area contributed by atoms with Crippen molar-refractivity contribution >= 4 is 34.6 Å². The predicted octanol–water partition coefficient (Wildman–Crippen LogP) is 1.69. The van der Waals surface area contributed by atoms with Crippen LogP contribution in [0.2, 0.25) is 0 Å². The zero-order chi connectivity index (χ0) is 24.4. The van der Waals surface area contributed by atoms with Crippen molar-refractivity contribution in [2.75, 3.05) is 44.2 Å². The van der Waals surface area contributed by atoms with Gasteiger partial charge >= 0.3 is 0 Å². The number of carbonyl (C=O) groups excluding carboxylic acids is 3. The third-order valence-electron chi connectivity index (χ3n) is 7.53. The number of aryl methyl sites for hydroxylation is 1. The van der Waals surface area contributed by atoms with Gasteiger partial charge in [0.25, 0.3) is 5.91 Å². The van der Waals surface area contributed by atoms with Crippen LogP contribution in [0.4, 0.5) is 5.82 Å². The molecular weight excluding hydrogens is 446 g/mol. The molecule has 0 aliphatic carbocycles. The van der Waals surface area contributed by atoms with Gasteiger partial charge in [0, 0.05) is 65.2 Å². The number of nitrogens with one attached hydrogen (secondary N) is 1. The van der Waals surface area contributed by atoms with Gasteiger partial charge in [0.1, 0.15) is 5.82 Å². The van der Waals surface area contributed by atoms with Gasteiger partial charge in [-0.3, -0.25) is 19.3 Å². The molecule has 1 N–H and O–H groups in total. The molecule has 188 valence electrons. The predicted molar refractivity (Wildman–Crippen MR) is 132 cm³/mol. The van der Waals surface area contributed by atoms with Gasteiger partial charge in [-0.1, -0.05) is 12.8 Å². The van der Waals surface area contributed by atoms with Crippen LogP contribution >= 0.6 is 0 Å². The summed E-state index contributed by atoms with van der Waals surface area (Å²) in [6, 6.07) is 4.07. The third-order valence-corrected chi connectivity index (χ3v) is 7.53. The molecule has 10 nitrogen and oxygen atoms in total. The number of likely N-dealkylation sites (tertiary alicyclic amines) is 2. The van der Waals surface area contributed by atoms with E-state index in [1.54, 1.807) is 4.68 Å². The van der Waals surface area contributed by atoms with E-state index in [1.165, 1.54) is 30.6 Å². The molecule has 2 aromatic rings. The summed E-state index contributed by atoms with van der Waals surface area (Å²) in [5, 5.41) is 8.45. The molecule has 5 heterocycles. The Morgan fingerprint density at radius 2 is 1.66 bits per heavy atom. The molecule has 5 rings (SSSR count). The number of hydrogen-bond acceptors (Lipinski definition) is 7. The highest BCUT2D eigenvalue weighted by Gasteiger charge is 2.30. The number of carbonyl (C=O) groups is 3. The largest absolute Gasteiger partial charge is 0.357 e. The summed E-state index contributed by atoms with van der Waals surface area (Å²) in [4.78, 5) is 47.5. The van der Waals surface area contributed by atoms with Crippen LogP contribution in [0.25, 0.3) is 11.0 Å². The lowest BCUT2D eigenvalue weighted by Gasteiger charge is -2.33. The lowest BCUT2D eigenvalue weighted by molar-refractivity contribution is -0.138. The first-order valence-electron chi connectivity index (χ1n) is 12.9. The van der Waals surface area contributed by atoms with E-state index in [1.807, 2.05) is 19.2 Å². The van der Waals surface area contributed by atoms with Gasteiger partial charge in [0.2, 0.25) is 11.8 Å². The maximum Gasteiger partial charge on any atom is 0.272 e. The summed E-state index contributed by atoms with van der Waals surface area (Å²) in [7, 11) is 1.84. The maximum atomic E-state index is 13.1. The van der Waals surface area contributed by atoms with E-state index < -0.39 is 0 Å². The standard InChI is InChI=1S/C25H35N7O3/c1-29-24-19(6-7-20(27-24)31-12-4-2-3-5-13-31)23(28-29)25(35)26-18-10-14-30(15-11-18)16-17-32-21(33)8-9-22(32)34/h6-7,18H,2-5,8-17H2,1H3,(H,26,35). The molecule has 0 spiro atoms. The van der Waals surface area contributed by atoms with Crippen LogP contribution in [-0.2, 0) is 16.6 Å². The zero-order valence-corrected chi connectivity index (χ0v) is 20.5. The van der Waals surface area contributed by atoms with Crippen molar-refractivity contribution in [2.24, 2.45) is 7.05 Å². The second-order valence-electron chi connectivity index (χ2n) is 9.94. The number of fused-ring (bicyclic) bond motifs is 1. The molecule has 35 heavy (non-hydrogen) atoms. The minimum absolute atomic E-state index is 0.0622. The van der Waals surface area contributed by atoms with Gasteiger partial charge in [0.05, 0.1) is 5.39 Å². The number of nitrogens with zero attached hydrogens (tertiary/aromatic N) is 6. The number of amides is 3. The van der Waals surface area contributed by atoms with Gasteiger partial charge in [-0.15, -0.1) is 0 Å². The minimum atomic E-state index is -0.161. The van der Waals surface area contributed by atoms with E-state index in [4.69, 9.17) is 4.98 Å². The van der Waals surface area contributed by atoms with Gasteiger partial charge in [-0.25, -0.2) is 9.67 Å². The van der Waals surface area contributed by atoms with Crippen molar-refractivity contribution in [3.63, 3.8) is 0 Å². The lowest BCUT2D eigenvalue weighted by Crippen LogP contribution is -2.47. The Kier molecular flexibility index (Phi) is 6.99. The molecule has 0 unspecified atom stereocenters. The smallest absolute Gasteiger partial charge is 0.272 e. The number of imide groups is 1. The van der Waals surface area contributed by atoms with Gasteiger partial charge in [-0.05, 0) is 37.8 Å². The maximum absolute atomic E-state index is 13.1. The highest BCUT2D eigenvalue weighted by molar-refractivity contribution is 6.04. The average molecular weight is 482 g/mol. The average Bonchev–Trinajstić information content (AvgIpc) is 3.21. The molecular formula is C25H35N7O3. The first kappa shape index (κ1) is 23.7. The minimum Gasteiger partial charge on any atom is -0.357 e. The summed E-state index contributed by atoms with van der Waals surface area (Å²) in [6.45, 7) is 4.84. The summed E-state index contributed by atoms with van der Waals surface area (Å²) < 4.78 is 1.70. The van der Waals surface area contributed by atoms with Crippen LogP contribution in [0, 0.1) is 0 Å². The van der Waals surface area contributed by atoms with Crippen molar-refractivity contribution in [1.82, 2.24) is 29.9 Å². The quantitative estimate of drug-likeness (QED) is 0.626. The van der Waals surface area contributed by atoms with E-state index in [0.717, 1.165) is 55.9 Å². The number of aromatic nitrogens is 3. The van der Waals surface area contributed by atoms with Crippen LogP contribution in [-0.4, -0.2) is 87.6 Å². The molecule has 0 saturated carbocycles. The van der Waals surface area contributed by atoms with Crippen LogP contribution in [0.5, 0.6) is 0 Å². The summed E-state index contributed by atoms with van der Waals surface area (Å²) >= 11 is 0. The van der Waals surface area contributed by atoms with Gasteiger partial charge in [0.15, 0.2) is 11.3 Å². The fourth-order valence-electron chi connectivity index (χ4n) is 5.43. The molecule has 3 amide bonds. The summed E-state index contributed by atoms with van der Waals surface area (Å²) in [6.07, 6.45) is 7.25. The van der Waals surface area contributed by atoms with Crippen molar-refractivity contribution in [3.05, 3.63) is 17.8 Å². The van der Waals surface area contributed by atoms with Gasteiger partial charge < -0.3 is 15.1 Å². The van der Waals surface area contributed by atoms with Crippen LogP contribution < -0.4 is 10.2 Å². The SMILES string of the molecule is Cn1nc(C(=O)NC2CCN(CCN3C(=O)CCC3=O)CC2)c2ccc(N3CCCCCC3)nc21. The Labute approximate surface area is 205 Å². The van der Waals surface area contributed by atoms with Crippen LogP contribution in [0.3, 0.4) is 0 Å². The topological polar surface area (TPSA) is 104 Å². The monoisotopic (exact) mass is 481 g/mol. The molecule has 0 bridgehead atoms. The molecule has 3 fully saturated rings. The van der Waals surface area contributed by atoms with Crippen LogP contribution in [0.15, 0.2) is 12.1 Å². The number of rotatable bonds is 6. The first-order valence-corrected chi connectivity index (χ1v) is 12.9. The van der Waals surface area contributed by atoms with Gasteiger partial charge in [-0.2, -0.15) is 5.10 Å². The zero-order valence-electron chi connectivity index (χ0n) is 20.5. The molecule has 2 aromatic heterocycles. The molecule has 10 heteroatoms. The Morgan fingerprint density at radius 3 is 2.34 bits per heavy atom. The molecule has 3 saturated heterocycles. The Bertz CT molecular complexity index is 1080. The molecule has 0 radical (unpaired) electrons. The fraction of sp³-hybridized carbons (Fsp3) is 0.640. The number of anilines is 1. The van der Waals surface area contributed by atoms with Crippen LogP contribution in [0.1, 0.15) is 61.9 Å². The van der Waals surface area contributed by atoms with E-state index in [2.05, 4.69) is 20.2 Å². The second-order valence-corrected chi connectivity index (χ2v) is 9.94. The lowest BCUT2D eigenvalue weighted by atomic mass is 10.0. The fourth-order valence-corrected chi connectivity index (χ4v) is 5.43. The third kappa shape index (κ3) is 5.17. The first-order chi connectivity index (χ1) is 17.0. The highest BCUT2D eigenvalue weighted by Crippen LogP contribution is 2.23. The van der Waals surface area contributed by atoms with Crippen molar-refractivity contribution < 1.29 is 14.4 Å². The summed E-state index contributed by atoms with van der Waals surface area (Å²) in [5.74, 6) is 0.672. The van der Waals surface area contributed by atoms with Crippen molar-refractivity contribution in [2.45, 2.75) is 57.4 Å². The number of pyridine rings is 1. The Morgan fingerprint density at radius 1 is 0.971 bits per heavy atom. The Hall–Kier alpha value is -3.01. The molecule has 0 aromatic carbocycles. The van der Waals surface area contributed by atoms with Crippen molar-refractivity contribution in [3.8, 4) is 0 Å². The molecule has 3 aliphatic heterocycles.